The molecule has 1 aromatic rings. The number of hydrogen-bond acceptors (Lipinski definition) is 6. The molecule has 0 bridgehead atoms. The number of amides is 2. The van der Waals surface area contributed by atoms with Gasteiger partial charge >= 0.3 is 18.0 Å². The molecule has 8 heteroatoms. The third kappa shape index (κ3) is 5.30. The Morgan fingerprint density at radius 2 is 1.92 bits per heavy atom. The SMILES string of the molecule is CCOC(=O)C(=O)NC1CN(C(=O)OCc2ccccc2)CCC1=O. The largest absolute Gasteiger partial charge is 0.459 e. The van der Waals surface area contributed by atoms with Crippen LogP contribution in [0, 0.1) is 0 Å². The van der Waals surface area contributed by atoms with Crippen molar-refractivity contribution in [3.8, 4) is 0 Å². The molecule has 2 amide bonds. The van der Waals surface area contributed by atoms with Crippen LogP contribution in [0.1, 0.15) is 18.9 Å². The fourth-order valence-electron chi connectivity index (χ4n) is 2.35. The minimum Gasteiger partial charge on any atom is -0.459 e. The van der Waals surface area contributed by atoms with Crippen molar-refractivity contribution in [2.45, 2.75) is 26.0 Å². The number of ketones is 1. The van der Waals surface area contributed by atoms with Gasteiger partial charge in [0.1, 0.15) is 12.6 Å². The van der Waals surface area contributed by atoms with E-state index in [1.54, 1.807) is 6.92 Å². The van der Waals surface area contributed by atoms with Crippen molar-refractivity contribution in [2.24, 2.45) is 0 Å². The normalized spacial score (nSPS) is 16.9. The van der Waals surface area contributed by atoms with Crippen molar-refractivity contribution in [3.05, 3.63) is 35.9 Å². The van der Waals surface area contributed by atoms with Crippen LogP contribution >= 0.6 is 0 Å². The predicted molar refractivity (Wildman–Crippen MR) is 86.4 cm³/mol. The zero-order chi connectivity index (χ0) is 18.2. The molecule has 1 aromatic carbocycles. The van der Waals surface area contributed by atoms with Gasteiger partial charge in [0.25, 0.3) is 0 Å². The molecule has 134 valence electrons. The highest BCUT2D eigenvalue weighted by atomic mass is 16.6. The first-order valence-electron chi connectivity index (χ1n) is 7.97. The summed E-state index contributed by atoms with van der Waals surface area (Å²) in [7, 11) is 0. The molecule has 1 unspecified atom stereocenters. The Bertz CT molecular complexity index is 646. The van der Waals surface area contributed by atoms with Gasteiger partial charge in [0.05, 0.1) is 13.2 Å². The molecule has 1 saturated heterocycles. The molecule has 1 atom stereocenters. The van der Waals surface area contributed by atoms with Crippen molar-refractivity contribution < 1.29 is 28.7 Å². The van der Waals surface area contributed by atoms with E-state index in [-0.39, 0.29) is 38.5 Å². The van der Waals surface area contributed by atoms with Gasteiger partial charge in [0.15, 0.2) is 5.78 Å². The number of likely N-dealkylation sites (tertiary alicyclic amines) is 1. The summed E-state index contributed by atoms with van der Waals surface area (Å²) in [6.45, 7) is 1.91. The summed E-state index contributed by atoms with van der Waals surface area (Å²) in [5.74, 6) is -2.30. The van der Waals surface area contributed by atoms with E-state index >= 15 is 0 Å². The molecule has 25 heavy (non-hydrogen) atoms. The number of nitrogens with zero attached hydrogens (tertiary/aromatic N) is 1. The van der Waals surface area contributed by atoms with Gasteiger partial charge in [-0.3, -0.25) is 9.59 Å². The van der Waals surface area contributed by atoms with Crippen LogP contribution in [0.4, 0.5) is 4.79 Å². The highest BCUT2D eigenvalue weighted by molar-refractivity contribution is 6.33. The molecule has 0 saturated carbocycles. The minimum atomic E-state index is -1.06. The number of ether oxygens (including phenoxy) is 2. The maximum Gasteiger partial charge on any atom is 0.410 e. The van der Waals surface area contributed by atoms with E-state index in [9.17, 15) is 19.2 Å². The third-order valence-electron chi connectivity index (χ3n) is 3.65. The van der Waals surface area contributed by atoms with Crippen molar-refractivity contribution in [3.63, 3.8) is 0 Å². The maximum absolute atomic E-state index is 12.1. The quantitative estimate of drug-likeness (QED) is 0.633. The van der Waals surface area contributed by atoms with Crippen molar-refractivity contribution in [1.29, 1.82) is 0 Å². The van der Waals surface area contributed by atoms with E-state index in [1.807, 2.05) is 30.3 Å². The van der Waals surface area contributed by atoms with Gasteiger partial charge in [-0.2, -0.15) is 0 Å². The molecule has 0 spiro atoms. The van der Waals surface area contributed by atoms with Crippen LogP contribution in [0.2, 0.25) is 0 Å². The number of nitrogens with one attached hydrogen (secondary N) is 1. The monoisotopic (exact) mass is 348 g/mol. The van der Waals surface area contributed by atoms with Crippen LogP contribution < -0.4 is 5.32 Å². The molecule has 0 radical (unpaired) electrons. The molecule has 1 heterocycles. The second-order valence-electron chi connectivity index (χ2n) is 5.45. The standard InChI is InChI=1S/C17H20N2O6/c1-2-24-16(22)15(21)18-13-10-19(9-8-14(13)20)17(23)25-11-12-6-4-3-5-7-12/h3-7,13H,2,8-11H2,1H3,(H,18,21). The summed E-state index contributed by atoms with van der Waals surface area (Å²) in [5, 5.41) is 2.30. The molecule has 1 fully saturated rings. The second kappa shape index (κ2) is 8.81. The summed E-state index contributed by atoms with van der Waals surface area (Å²) in [4.78, 5) is 48.4. The van der Waals surface area contributed by atoms with Gasteiger partial charge in [0, 0.05) is 13.0 Å². The zero-order valence-corrected chi connectivity index (χ0v) is 13.9. The lowest BCUT2D eigenvalue weighted by Gasteiger charge is -2.31. The summed E-state index contributed by atoms with van der Waals surface area (Å²) < 4.78 is 9.79. The summed E-state index contributed by atoms with van der Waals surface area (Å²) in [6, 6.07) is 8.24. The second-order valence-corrected chi connectivity index (χ2v) is 5.45. The van der Waals surface area contributed by atoms with Gasteiger partial charge < -0.3 is 19.7 Å². The molecule has 1 N–H and O–H groups in total. The third-order valence-corrected chi connectivity index (χ3v) is 3.65. The van der Waals surface area contributed by atoms with Crippen LogP contribution in [0.3, 0.4) is 0 Å². The number of benzene rings is 1. The van der Waals surface area contributed by atoms with Gasteiger partial charge in [-0.25, -0.2) is 9.59 Å². The maximum atomic E-state index is 12.1. The topological polar surface area (TPSA) is 102 Å². The average Bonchev–Trinajstić information content (AvgIpc) is 2.62. The number of esters is 1. The molecule has 0 aliphatic carbocycles. The fourth-order valence-corrected chi connectivity index (χ4v) is 2.35. The van der Waals surface area contributed by atoms with Gasteiger partial charge in [-0.05, 0) is 12.5 Å². The summed E-state index contributed by atoms with van der Waals surface area (Å²) in [5.41, 5.74) is 0.844. The molecule has 8 nitrogen and oxygen atoms in total. The number of hydrogen-bond donors (Lipinski definition) is 1. The van der Waals surface area contributed by atoms with Crippen LogP contribution in [-0.4, -0.2) is 54.4 Å². The van der Waals surface area contributed by atoms with E-state index < -0.39 is 24.0 Å². The molecule has 1 aliphatic heterocycles. The first-order valence-corrected chi connectivity index (χ1v) is 7.97. The Balaban J connectivity index is 1.88. The number of piperidine rings is 1. The molecule has 0 aromatic heterocycles. The lowest BCUT2D eigenvalue weighted by molar-refractivity contribution is -0.155. The molecular weight excluding hydrogens is 328 g/mol. The van der Waals surface area contributed by atoms with Crippen LogP contribution in [0.5, 0.6) is 0 Å². The van der Waals surface area contributed by atoms with E-state index in [0.717, 1.165) is 5.56 Å². The van der Waals surface area contributed by atoms with Crippen LogP contribution in [0.25, 0.3) is 0 Å². The van der Waals surface area contributed by atoms with E-state index in [0.29, 0.717) is 0 Å². The van der Waals surface area contributed by atoms with Crippen LogP contribution in [-0.2, 0) is 30.5 Å². The summed E-state index contributed by atoms with van der Waals surface area (Å²) >= 11 is 0. The number of carbonyl (C=O) groups is 4. The van der Waals surface area contributed by atoms with Crippen molar-refractivity contribution >= 4 is 23.8 Å². The van der Waals surface area contributed by atoms with E-state index in [1.165, 1.54) is 4.90 Å². The number of rotatable bonds is 4. The van der Waals surface area contributed by atoms with Gasteiger partial charge in [-0.15, -0.1) is 0 Å². The van der Waals surface area contributed by atoms with Gasteiger partial charge in [-0.1, -0.05) is 30.3 Å². The van der Waals surface area contributed by atoms with Gasteiger partial charge in [0.2, 0.25) is 0 Å². The van der Waals surface area contributed by atoms with Crippen molar-refractivity contribution in [1.82, 2.24) is 10.2 Å². The highest BCUT2D eigenvalue weighted by Crippen LogP contribution is 2.10. The lowest BCUT2D eigenvalue weighted by Crippen LogP contribution is -2.55. The van der Waals surface area contributed by atoms with E-state index in [4.69, 9.17) is 4.74 Å². The van der Waals surface area contributed by atoms with Crippen molar-refractivity contribution in [2.75, 3.05) is 19.7 Å². The molecule has 1 aliphatic rings. The molecule has 2 rings (SSSR count). The molecular formula is C17H20N2O6. The predicted octanol–water partition coefficient (Wildman–Crippen LogP) is 0.646. The average molecular weight is 348 g/mol. The lowest BCUT2D eigenvalue weighted by atomic mass is 10.0. The zero-order valence-electron chi connectivity index (χ0n) is 13.9. The highest BCUT2D eigenvalue weighted by Gasteiger charge is 2.33. The first-order chi connectivity index (χ1) is 12.0. The Kier molecular flexibility index (Phi) is 6.50. The minimum absolute atomic E-state index is 0.0440. The first kappa shape index (κ1) is 18.4. The summed E-state index contributed by atoms with van der Waals surface area (Å²) in [6.07, 6.45) is -0.500. The van der Waals surface area contributed by atoms with Crippen LogP contribution in [0.15, 0.2) is 30.3 Å². The van der Waals surface area contributed by atoms with E-state index in [2.05, 4.69) is 10.1 Å². The number of carbonyl (C=O) groups excluding carboxylic acids is 4. The number of Topliss-reactive ketones (excluding diaryl/α,β-unsaturated/α-hetero) is 1. The Morgan fingerprint density at radius 3 is 2.60 bits per heavy atom. The Labute approximate surface area is 145 Å². The fraction of sp³-hybridized carbons (Fsp3) is 0.412. The Hall–Kier alpha value is -2.90. The smallest absolute Gasteiger partial charge is 0.410 e. The Morgan fingerprint density at radius 1 is 1.20 bits per heavy atom.